The van der Waals surface area contributed by atoms with Gasteiger partial charge in [0.15, 0.2) is 18.1 Å². The highest BCUT2D eigenvalue weighted by molar-refractivity contribution is 5.82. The van der Waals surface area contributed by atoms with Gasteiger partial charge in [0.1, 0.15) is 0 Å². The lowest BCUT2D eigenvalue weighted by molar-refractivity contribution is -0.139. The molecule has 1 aromatic rings. The van der Waals surface area contributed by atoms with Gasteiger partial charge >= 0.3 is 6.03 Å². The van der Waals surface area contributed by atoms with Crippen molar-refractivity contribution < 1.29 is 19.1 Å². The molecule has 1 aliphatic rings. The number of amides is 3. The summed E-state index contributed by atoms with van der Waals surface area (Å²) >= 11 is 0. The molecule has 2 atom stereocenters. The average Bonchev–Trinajstić information content (AvgIpc) is 2.60. The molecule has 0 aromatic heterocycles. The summed E-state index contributed by atoms with van der Waals surface area (Å²) in [5.41, 5.74) is 7.75. The molecular weight excluding hydrogens is 336 g/mol. The summed E-state index contributed by atoms with van der Waals surface area (Å²) < 4.78 is 11.0. The zero-order chi connectivity index (χ0) is 19.1. The predicted molar refractivity (Wildman–Crippen MR) is 98.4 cm³/mol. The number of hydrogen-bond donors (Lipinski definition) is 2. The number of nitrogens with one attached hydrogen (secondary N) is 1. The summed E-state index contributed by atoms with van der Waals surface area (Å²) in [5.74, 6) is 0.918. The molecule has 1 aliphatic heterocycles. The lowest BCUT2D eigenvalue weighted by Gasteiger charge is -2.39. The average molecular weight is 362 g/mol. The molecule has 0 saturated carbocycles. The quantitative estimate of drug-likeness (QED) is 0.595. The summed E-state index contributed by atoms with van der Waals surface area (Å²) in [6.45, 7) is 4.10. The molecule has 26 heavy (non-hydrogen) atoms. The van der Waals surface area contributed by atoms with Crippen molar-refractivity contribution in [3.63, 3.8) is 0 Å². The number of nitrogens with two attached hydrogens (primary N) is 1. The Labute approximate surface area is 153 Å². The second-order valence-electron chi connectivity index (χ2n) is 6.36. The minimum absolute atomic E-state index is 0.0250. The number of likely N-dealkylation sites (tertiary alicyclic amines) is 1. The van der Waals surface area contributed by atoms with Crippen LogP contribution in [0.2, 0.25) is 0 Å². The zero-order valence-corrected chi connectivity index (χ0v) is 15.4. The third-order valence-electron chi connectivity index (χ3n) is 4.41. The van der Waals surface area contributed by atoms with Crippen molar-refractivity contribution in [1.82, 2.24) is 10.3 Å². The largest absolute Gasteiger partial charge is 0.493 e. The first kappa shape index (κ1) is 19.6. The highest BCUT2D eigenvalue weighted by Crippen LogP contribution is 2.28. The van der Waals surface area contributed by atoms with Crippen LogP contribution in [0.3, 0.4) is 0 Å². The Morgan fingerprint density at radius 3 is 2.62 bits per heavy atom. The van der Waals surface area contributed by atoms with E-state index in [1.165, 1.54) is 13.3 Å². The summed E-state index contributed by atoms with van der Waals surface area (Å²) in [6.07, 6.45) is 4.62. The normalized spacial score (nSPS) is 20.0. The Balaban J connectivity index is 2.01. The minimum Gasteiger partial charge on any atom is -0.493 e. The van der Waals surface area contributed by atoms with Crippen LogP contribution in [0.4, 0.5) is 4.79 Å². The molecule has 2 unspecified atom stereocenters. The van der Waals surface area contributed by atoms with E-state index in [1.54, 1.807) is 18.2 Å². The van der Waals surface area contributed by atoms with E-state index in [1.807, 2.05) is 4.90 Å². The number of ether oxygens (including phenoxy) is 2. The van der Waals surface area contributed by atoms with Crippen LogP contribution in [0.15, 0.2) is 23.3 Å². The van der Waals surface area contributed by atoms with Crippen LogP contribution in [0.25, 0.3) is 0 Å². The maximum Gasteiger partial charge on any atom is 0.332 e. The van der Waals surface area contributed by atoms with Gasteiger partial charge in [-0.05, 0) is 56.9 Å². The lowest BCUT2D eigenvalue weighted by atomic mass is 9.97. The van der Waals surface area contributed by atoms with Crippen molar-refractivity contribution in [3.8, 4) is 11.5 Å². The molecule has 0 radical (unpaired) electrons. The van der Waals surface area contributed by atoms with E-state index in [-0.39, 0.29) is 24.6 Å². The maximum absolute atomic E-state index is 12.6. The van der Waals surface area contributed by atoms with Crippen LogP contribution in [-0.2, 0) is 4.79 Å². The number of carbonyl (C=O) groups excluding carboxylic acids is 2. The van der Waals surface area contributed by atoms with Crippen LogP contribution in [0.5, 0.6) is 11.5 Å². The van der Waals surface area contributed by atoms with Gasteiger partial charge in [-0.3, -0.25) is 4.79 Å². The first-order chi connectivity index (χ1) is 12.4. The molecule has 1 saturated heterocycles. The fraction of sp³-hybridized carbons (Fsp3) is 0.500. The number of urea groups is 1. The Bertz CT molecular complexity index is 667. The smallest absolute Gasteiger partial charge is 0.332 e. The SMILES string of the molecule is COc1cc(/C=N/NC(N)=O)ccc1OCC(=O)N1C(C)CCCC1C. The molecule has 1 heterocycles. The van der Waals surface area contributed by atoms with Crippen LogP contribution < -0.4 is 20.6 Å². The van der Waals surface area contributed by atoms with E-state index in [0.717, 1.165) is 19.3 Å². The number of piperidine rings is 1. The fourth-order valence-electron chi connectivity index (χ4n) is 3.18. The number of nitrogens with zero attached hydrogens (tertiary/aromatic N) is 2. The monoisotopic (exact) mass is 362 g/mol. The standard InChI is InChI=1S/C18H26N4O4/c1-12-5-4-6-13(2)22(12)17(23)11-26-15-8-7-14(9-16(15)25-3)10-20-21-18(19)24/h7-10,12-13H,4-6,11H2,1-3H3,(H3,19,21,24)/b20-10+. The summed E-state index contributed by atoms with van der Waals surface area (Å²) in [6, 6.07) is 4.84. The predicted octanol–water partition coefficient (Wildman–Crippen LogP) is 1.87. The molecule has 8 heteroatoms. The molecule has 0 bridgehead atoms. The molecule has 2 rings (SSSR count). The van der Waals surface area contributed by atoms with Crippen LogP contribution in [0.1, 0.15) is 38.7 Å². The van der Waals surface area contributed by atoms with Gasteiger partial charge in [-0.1, -0.05) is 0 Å². The molecule has 3 N–H and O–H groups in total. The van der Waals surface area contributed by atoms with E-state index < -0.39 is 6.03 Å². The first-order valence-corrected chi connectivity index (χ1v) is 8.63. The molecule has 0 aliphatic carbocycles. The molecule has 3 amide bonds. The molecule has 1 fully saturated rings. The molecule has 142 valence electrons. The van der Waals surface area contributed by atoms with Crippen molar-refractivity contribution in [2.75, 3.05) is 13.7 Å². The first-order valence-electron chi connectivity index (χ1n) is 8.63. The molecular formula is C18H26N4O4. The van der Waals surface area contributed by atoms with Crippen molar-refractivity contribution in [2.45, 2.75) is 45.2 Å². The molecule has 8 nitrogen and oxygen atoms in total. The topological polar surface area (TPSA) is 106 Å². The van der Waals surface area contributed by atoms with E-state index in [0.29, 0.717) is 17.1 Å². The highest BCUT2D eigenvalue weighted by atomic mass is 16.5. The number of carbonyl (C=O) groups is 2. The van der Waals surface area contributed by atoms with Gasteiger partial charge in [0.2, 0.25) is 0 Å². The number of rotatable bonds is 6. The Hall–Kier alpha value is -2.77. The zero-order valence-electron chi connectivity index (χ0n) is 15.4. The van der Waals surface area contributed by atoms with Crippen molar-refractivity contribution >= 4 is 18.2 Å². The number of hydrogen-bond acceptors (Lipinski definition) is 5. The third kappa shape index (κ3) is 5.11. The van der Waals surface area contributed by atoms with E-state index in [9.17, 15) is 9.59 Å². The van der Waals surface area contributed by atoms with Crippen LogP contribution in [-0.4, -0.2) is 48.9 Å². The Kier molecular flexibility index (Phi) is 6.82. The second kappa shape index (κ2) is 9.07. The van der Waals surface area contributed by atoms with Gasteiger partial charge in [0.25, 0.3) is 5.91 Å². The Morgan fingerprint density at radius 1 is 1.31 bits per heavy atom. The second-order valence-corrected chi connectivity index (χ2v) is 6.36. The molecule has 1 aromatic carbocycles. The van der Waals surface area contributed by atoms with Gasteiger partial charge in [-0.15, -0.1) is 0 Å². The summed E-state index contributed by atoms with van der Waals surface area (Å²) in [5, 5.41) is 3.69. The van der Waals surface area contributed by atoms with Crippen molar-refractivity contribution in [1.29, 1.82) is 0 Å². The van der Waals surface area contributed by atoms with Gasteiger partial charge in [0.05, 0.1) is 13.3 Å². The number of primary amides is 1. The van der Waals surface area contributed by atoms with Gasteiger partial charge in [0, 0.05) is 12.1 Å². The van der Waals surface area contributed by atoms with Crippen molar-refractivity contribution in [3.05, 3.63) is 23.8 Å². The number of benzene rings is 1. The molecule has 0 spiro atoms. The van der Waals surface area contributed by atoms with Crippen molar-refractivity contribution in [2.24, 2.45) is 10.8 Å². The van der Waals surface area contributed by atoms with Gasteiger partial charge < -0.3 is 20.1 Å². The van der Waals surface area contributed by atoms with E-state index in [4.69, 9.17) is 15.2 Å². The van der Waals surface area contributed by atoms with E-state index in [2.05, 4.69) is 24.4 Å². The maximum atomic E-state index is 12.6. The number of hydrazone groups is 1. The minimum atomic E-state index is -0.743. The number of methoxy groups -OCH3 is 1. The Morgan fingerprint density at radius 2 is 2.00 bits per heavy atom. The highest BCUT2D eigenvalue weighted by Gasteiger charge is 2.29. The summed E-state index contributed by atoms with van der Waals surface area (Å²) in [4.78, 5) is 25.1. The van der Waals surface area contributed by atoms with E-state index >= 15 is 0 Å². The lowest BCUT2D eigenvalue weighted by Crippen LogP contribution is -2.49. The van der Waals surface area contributed by atoms with Gasteiger partial charge in [-0.2, -0.15) is 5.10 Å². The summed E-state index contributed by atoms with van der Waals surface area (Å²) in [7, 11) is 1.52. The van der Waals surface area contributed by atoms with Crippen LogP contribution >= 0.6 is 0 Å². The van der Waals surface area contributed by atoms with Gasteiger partial charge in [-0.25, -0.2) is 10.2 Å². The third-order valence-corrected chi connectivity index (χ3v) is 4.41. The fourth-order valence-corrected chi connectivity index (χ4v) is 3.18. The van der Waals surface area contributed by atoms with Crippen LogP contribution in [0, 0.1) is 0 Å².